The second-order valence-electron chi connectivity index (χ2n) is 4.53. The molecule has 2 rings (SSSR count). The minimum atomic E-state index is -0.112. The molecule has 4 nitrogen and oxygen atoms in total. The summed E-state index contributed by atoms with van der Waals surface area (Å²) in [5.74, 6) is 1.09. The fourth-order valence-corrected chi connectivity index (χ4v) is 2.38. The molecule has 0 spiro atoms. The van der Waals surface area contributed by atoms with Gasteiger partial charge in [-0.25, -0.2) is 5.43 Å². The minimum Gasteiger partial charge on any atom is -0.272 e. The van der Waals surface area contributed by atoms with Crippen LogP contribution in [0.2, 0.25) is 0 Å². The van der Waals surface area contributed by atoms with Crippen molar-refractivity contribution < 1.29 is 4.79 Å². The first kappa shape index (κ1) is 15.3. The van der Waals surface area contributed by atoms with E-state index in [4.69, 9.17) is 0 Å². The Labute approximate surface area is 128 Å². The van der Waals surface area contributed by atoms with Crippen molar-refractivity contribution in [1.82, 2.24) is 10.4 Å². The van der Waals surface area contributed by atoms with E-state index in [1.807, 2.05) is 18.2 Å². The number of benzene rings is 1. The van der Waals surface area contributed by atoms with Crippen molar-refractivity contribution in [1.29, 1.82) is 0 Å². The van der Waals surface area contributed by atoms with Gasteiger partial charge in [0.2, 0.25) is 5.91 Å². The highest BCUT2D eigenvalue weighted by Crippen LogP contribution is 2.12. The number of hydrazone groups is 1. The van der Waals surface area contributed by atoms with Crippen molar-refractivity contribution in [3.63, 3.8) is 0 Å². The molecule has 2 aromatic rings. The maximum Gasteiger partial charge on any atom is 0.250 e. The van der Waals surface area contributed by atoms with Crippen LogP contribution >= 0.6 is 11.8 Å². The smallest absolute Gasteiger partial charge is 0.250 e. The molecule has 1 heterocycles. The predicted molar refractivity (Wildman–Crippen MR) is 87.3 cm³/mol. The summed E-state index contributed by atoms with van der Waals surface area (Å²) >= 11 is 1.57. The first-order valence-electron chi connectivity index (χ1n) is 6.60. The predicted octanol–water partition coefficient (Wildman–Crippen LogP) is 2.77. The second kappa shape index (κ2) is 8.21. The minimum absolute atomic E-state index is 0.112. The van der Waals surface area contributed by atoms with Gasteiger partial charge in [0.15, 0.2) is 0 Å². The molecule has 0 fully saturated rings. The number of nitrogens with one attached hydrogen (secondary N) is 1. The molecule has 1 aromatic heterocycles. The Morgan fingerprint density at radius 3 is 2.81 bits per heavy atom. The Morgan fingerprint density at radius 1 is 1.29 bits per heavy atom. The maximum atomic E-state index is 11.6. The number of carbonyl (C=O) groups excluding carboxylic acids is 1. The highest BCUT2D eigenvalue weighted by atomic mass is 32.2. The van der Waals surface area contributed by atoms with Crippen LogP contribution in [0.4, 0.5) is 0 Å². The van der Waals surface area contributed by atoms with E-state index in [0.717, 1.165) is 5.75 Å². The number of carbonyl (C=O) groups is 1. The fraction of sp³-hybridized carbons (Fsp3) is 0.188. The van der Waals surface area contributed by atoms with Gasteiger partial charge in [-0.05, 0) is 24.6 Å². The van der Waals surface area contributed by atoms with E-state index < -0.39 is 0 Å². The molecule has 5 heteroatoms. The third kappa shape index (κ3) is 5.79. The standard InChI is InChI=1S/C16H17N3OS/c1-13-5-7-14(8-6-13)11-21-12-16(20)19-18-10-15-4-2-3-9-17-15/h2-10H,11-12H2,1H3,(H,19,20)/b18-10-. The average Bonchev–Trinajstić information content (AvgIpc) is 2.50. The Kier molecular flexibility index (Phi) is 5.97. The van der Waals surface area contributed by atoms with E-state index in [1.165, 1.54) is 17.3 Å². The van der Waals surface area contributed by atoms with E-state index in [9.17, 15) is 4.79 Å². The van der Waals surface area contributed by atoms with Gasteiger partial charge in [0.05, 0.1) is 17.7 Å². The molecule has 0 aliphatic rings. The summed E-state index contributed by atoms with van der Waals surface area (Å²) in [5.41, 5.74) is 5.67. The number of thioether (sulfide) groups is 1. The molecule has 0 radical (unpaired) electrons. The van der Waals surface area contributed by atoms with Crippen molar-refractivity contribution in [3.8, 4) is 0 Å². The van der Waals surface area contributed by atoms with E-state index in [1.54, 1.807) is 18.0 Å². The Bertz CT molecular complexity index is 597. The number of hydrogen-bond acceptors (Lipinski definition) is 4. The number of nitrogens with zero attached hydrogens (tertiary/aromatic N) is 2. The van der Waals surface area contributed by atoms with Gasteiger partial charge in [-0.3, -0.25) is 9.78 Å². The monoisotopic (exact) mass is 299 g/mol. The van der Waals surface area contributed by atoms with Gasteiger partial charge in [-0.1, -0.05) is 35.9 Å². The van der Waals surface area contributed by atoms with E-state index in [-0.39, 0.29) is 5.91 Å². The third-order valence-electron chi connectivity index (χ3n) is 2.70. The number of hydrogen-bond donors (Lipinski definition) is 1. The molecule has 21 heavy (non-hydrogen) atoms. The maximum absolute atomic E-state index is 11.6. The molecular formula is C16H17N3OS. The molecule has 0 bridgehead atoms. The zero-order chi connectivity index (χ0) is 14.9. The SMILES string of the molecule is Cc1ccc(CSCC(=O)N/N=C\c2ccccn2)cc1. The summed E-state index contributed by atoms with van der Waals surface area (Å²) in [6, 6.07) is 13.8. The van der Waals surface area contributed by atoms with Gasteiger partial charge in [0, 0.05) is 11.9 Å². The van der Waals surface area contributed by atoms with Crippen molar-refractivity contribution in [2.24, 2.45) is 5.10 Å². The van der Waals surface area contributed by atoms with Crippen molar-refractivity contribution in [2.75, 3.05) is 5.75 Å². The Morgan fingerprint density at radius 2 is 2.10 bits per heavy atom. The van der Waals surface area contributed by atoms with Gasteiger partial charge >= 0.3 is 0 Å². The van der Waals surface area contributed by atoms with Crippen LogP contribution in [0.15, 0.2) is 53.8 Å². The normalized spacial score (nSPS) is 10.7. The lowest BCUT2D eigenvalue weighted by Gasteiger charge is -2.02. The first-order chi connectivity index (χ1) is 10.2. The average molecular weight is 299 g/mol. The quantitative estimate of drug-likeness (QED) is 0.659. The third-order valence-corrected chi connectivity index (χ3v) is 3.70. The summed E-state index contributed by atoms with van der Waals surface area (Å²) in [4.78, 5) is 15.7. The fourth-order valence-electron chi connectivity index (χ4n) is 1.60. The van der Waals surface area contributed by atoms with Gasteiger partial charge in [0.25, 0.3) is 0 Å². The number of amides is 1. The Balaban J connectivity index is 1.68. The van der Waals surface area contributed by atoms with Crippen LogP contribution in [0.5, 0.6) is 0 Å². The zero-order valence-corrected chi connectivity index (χ0v) is 12.6. The van der Waals surface area contributed by atoms with Crippen molar-refractivity contribution in [2.45, 2.75) is 12.7 Å². The highest BCUT2D eigenvalue weighted by Gasteiger charge is 2.00. The lowest BCUT2D eigenvalue weighted by molar-refractivity contribution is -0.118. The van der Waals surface area contributed by atoms with Crippen LogP contribution in [-0.2, 0) is 10.5 Å². The summed E-state index contributed by atoms with van der Waals surface area (Å²) in [5, 5.41) is 3.88. The number of aromatic nitrogens is 1. The summed E-state index contributed by atoms with van der Waals surface area (Å²) in [6.45, 7) is 2.06. The van der Waals surface area contributed by atoms with Crippen LogP contribution in [-0.4, -0.2) is 22.9 Å². The van der Waals surface area contributed by atoms with Gasteiger partial charge in [-0.15, -0.1) is 11.8 Å². The van der Waals surface area contributed by atoms with Crippen LogP contribution in [0.1, 0.15) is 16.8 Å². The first-order valence-corrected chi connectivity index (χ1v) is 7.76. The second-order valence-corrected chi connectivity index (χ2v) is 5.51. The van der Waals surface area contributed by atoms with Crippen LogP contribution in [0, 0.1) is 6.92 Å². The molecule has 1 aromatic carbocycles. The number of pyridine rings is 1. The van der Waals surface area contributed by atoms with Crippen LogP contribution < -0.4 is 5.43 Å². The van der Waals surface area contributed by atoms with Crippen LogP contribution in [0.25, 0.3) is 0 Å². The topological polar surface area (TPSA) is 54.4 Å². The van der Waals surface area contributed by atoms with Gasteiger partial charge in [-0.2, -0.15) is 5.10 Å². The molecule has 1 N–H and O–H groups in total. The zero-order valence-electron chi connectivity index (χ0n) is 11.8. The molecule has 0 atom stereocenters. The molecule has 0 saturated heterocycles. The van der Waals surface area contributed by atoms with E-state index in [2.05, 4.69) is 46.7 Å². The van der Waals surface area contributed by atoms with Crippen molar-refractivity contribution in [3.05, 3.63) is 65.5 Å². The van der Waals surface area contributed by atoms with Gasteiger partial charge in [0.1, 0.15) is 0 Å². The van der Waals surface area contributed by atoms with E-state index in [0.29, 0.717) is 11.4 Å². The molecule has 0 aliphatic heterocycles. The lowest BCUT2D eigenvalue weighted by Crippen LogP contribution is -2.19. The van der Waals surface area contributed by atoms with Gasteiger partial charge < -0.3 is 0 Å². The Hall–Kier alpha value is -2.14. The van der Waals surface area contributed by atoms with Crippen LogP contribution in [0.3, 0.4) is 0 Å². The number of aryl methyl sites for hydroxylation is 1. The summed E-state index contributed by atoms with van der Waals surface area (Å²) in [7, 11) is 0. The van der Waals surface area contributed by atoms with Crippen molar-refractivity contribution >= 4 is 23.9 Å². The largest absolute Gasteiger partial charge is 0.272 e. The lowest BCUT2D eigenvalue weighted by atomic mass is 10.2. The highest BCUT2D eigenvalue weighted by molar-refractivity contribution is 7.99. The molecule has 1 amide bonds. The molecule has 0 saturated carbocycles. The molecular weight excluding hydrogens is 282 g/mol. The molecule has 0 unspecified atom stereocenters. The van der Waals surface area contributed by atoms with E-state index >= 15 is 0 Å². The molecule has 108 valence electrons. The molecule has 0 aliphatic carbocycles. The number of rotatable bonds is 6. The summed E-state index contributed by atoms with van der Waals surface area (Å²) < 4.78 is 0. The summed E-state index contributed by atoms with van der Waals surface area (Å²) in [6.07, 6.45) is 3.21.